The summed E-state index contributed by atoms with van der Waals surface area (Å²) < 4.78 is 0. The monoisotopic (exact) mass is 294 g/mol. The zero-order chi connectivity index (χ0) is 15.5. The van der Waals surface area contributed by atoms with Gasteiger partial charge in [0.15, 0.2) is 0 Å². The van der Waals surface area contributed by atoms with E-state index in [0.717, 1.165) is 29.1 Å². The second-order valence-electron chi connectivity index (χ2n) is 6.92. The minimum Gasteiger partial charge on any atom is -0.481 e. The van der Waals surface area contributed by atoms with Crippen molar-refractivity contribution in [3.05, 3.63) is 47.8 Å². The molecule has 0 spiro atoms. The third kappa shape index (κ3) is 1.67. The topological polar surface area (TPSA) is 63.1 Å². The maximum atomic E-state index is 11.8. The van der Waals surface area contributed by atoms with Gasteiger partial charge in [-0.1, -0.05) is 26.0 Å². The summed E-state index contributed by atoms with van der Waals surface area (Å²) in [5.41, 5.74) is 3.44. The summed E-state index contributed by atoms with van der Waals surface area (Å²) in [6.07, 6.45) is 2.69. The third-order valence-corrected chi connectivity index (χ3v) is 5.57. The number of hydrogen-bond acceptors (Lipinski definition) is 3. The van der Waals surface area contributed by atoms with Gasteiger partial charge < -0.3 is 5.11 Å². The van der Waals surface area contributed by atoms with E-state index in [2.05, 4.69) is 29.9 Å². The van der Waals surface area contributed by atoms with Crippen LogP contribution < -0.4 is 0 Å². The van der Waals surface area contributed by atoms with E-state index in [9.17, 15) is 9.90 Å². The van der Waals surface area contributed by atoms with Crippen molar-refractivity contribution in [2.75, 3.05) is 0 Å². The van der Waals surface area contributed by atoms with Crippen molar-refractivity contribution in [2.24, 2.45) is 11.3 Å². The molecule has 3 atom stereocenters. The summed E-state index contributed by atoms with van der Waals surface area (Å²) in [7, 11) is 0. The molecular formula is C18H18N2O2. The summed E-state index contributed by atoms with van der Waals surface area (Å²) >= 11 is 0. The Hall–Kier alpha value is -2.23. The molecule has 0 aromatic carbocycles. The molecule has 1 N–H and O–H groups in total. The molecule has 0 saturated heterocycles. The fourth-order valence-electron chi connectivity index (χ4n) is 4.22. The van der Waals surface area contributed by atoms with E-state index in [1.54, 1.807) is 6.20 Å². The van der Waals surface area contributed by atoms with Crippen molar-refractivity contribution in [3.63, 3.8) is 0 Å². The van der Waals surface area contributed by atoms with Crippen LogP contribution >= 0.6 is 0 Å². The fourth-order valence-corrected chi connectivity index (χ4v) is 4.22. The van der Waals surface area contributed by atoms with Crippen LogP contribution in [0.2, 0.25) is 0 Å². The Morgan fingerprint density at radius 1 is 1.23 bits per heavy atom. The fraction of sp³-hybridized carbons (Fsp3) is 0.389. The van der Waals surface area contributed by atoms with Crippen LogP contribution in [0.3, 0.4) is 0 Å². The van der Waals surface area contributed by atoms with E-state index >= 15 is 0 Å². The quantitative estimate of drug-likeness (QED) is 0.921. The lowest BCUT2D eigenvalue weighted by Crippen LogP contribution is -2.52. The lowest BCUT2D eigenvalue weighted by atomic mass is 9.45. The molecular weight excluding hydrogens is 276 g/mol. The molecule has 2 bridgehead atoms. The summed E-state index contributed by atoms with van der Waals surface area (Å²) in [4.78, 5) is 20.8. The van der Waals surface area contributed by atoms with Gasteiger partial charge in [0.1, 0.15) is 5.92 Å². The van der Waals surface area contributed by atoms with E-state index < -0.39 is 11.9 Å². The van der Waals surface area contributed by atoms with Gasteiger partial charge >= 0.3 is 5.97 Å². The molecule has 4 heteroatoms. The maximum Gasteiger partial charge on any atom is 0.312 e. The first-order valence-corrected chi connectivity index (χ1v) is 7.65. The zero-order valence-electron chi connectivity index (χ0n) is 12.7. The summed E-state index contributed by atoms with van der Waals surface area (Å²) in [6, 6.07) is 9.70. The van der Waals surface area contributed by atoms with E-state index in [1.165, 1.54) is 0 Å². The smallest absolute Gasteiger partial charge is 0.312 e. The number of aliphatic carboxylic acids is 1. The Morgan fingerprint density at radius 3 is 2.68 bits per heavy atom. The number of aromatic nitrogens is 2. The van der Waals surface area contributed by atoms with Crippen LogP contribution in [0.25, 0.3) is 11.4 Å². The van der Waals surface area contributed by atoms with E-state index in [4.69, 9.17) is 0 Å². The van der Waals surface area contributed by atoms with Crippen LogP contribution in [-0.4, -0.2) is 21.0 Å². The Morgan fingerprint density at radius 2 is 2.05 bits per heavy atom. The van der Waals surface area contributed by atoms with Gasteiger partial charge in [0.05, 0.1) is 17.1 Å². The predicted octanol–water partition coefficient (Wildman–Crippen LogP) is 3.46. The highest BCUT2D eigenvalue weighted by Crippen LogP contribution is 2.66. The third-order valence-electron chi connectivity index (χ3n) is 5.57. The molecule has 0 amide bonds. The standard InChI is InChI=1S/C18H18N2O2/c1-18(2)11-9-12(18)15(17(21)22)16-10(11)6-7-14(20-16)13-5-3-4-8-19-13/h3-8,11-12,15H,9H2,1-2H3,(H,21,22)/t11-,12+,15-/m0/s1. The molecule has 3 aliphatic carbocycles. The predicted molar refractivity (Wildman–Crippen MR) is 82.5 cm³/mol. The van der Waals surface area contributed by atoms with Gasteiger partial charge in [-0.25, -0.2) is 4.98 Å². The van der Waals surface area contributed by atoms with E-state index in [1.807, 2.05) is 24.3 Å². The van der Waals surface area contributed by atoms with E-state index in [-0.39, 0.29) is 11.3 Å². The normalized spacial score (nSPS) is 27.6. The van der Waals surface area contributed by atoms with Crippen LogP contribution in [0.15, 0.2) is 36.5 Å². The molecule has 1 fully saturated rings. The van der Waals surface area contributed by atoms with Gasteiger partial charge in [0, 0.05) is 6.20 Å². The molecule has 3 aliphatic rings. The lowest BCUT2D eigenvalue weighted by molar-refractivity contribution is -0.146. The molecule has 1 saturated carbocycles. The van der Waals surface area contributed by atoms with Gasteiger partial charge in [0.25, 0.3) is 0 Å². The number of pyridine rings is 2. The Bertz CT molecular complexity index is 755. The first-order chi connectivity index (χ1) is 10.5. The van der Waals surface area contributed by atoms with Crippen molar-refractivity contribution >= 4 is 5.97 Å². The number of carboxylic acid groups (broad SMARTS) is 1. The Kier molecular flexibility index (Phi) is 2.68. The van der Waals surface area contributed by atoms with Crippen molar-refractivity contribution in [1.29, 1.82) is 0 Å². The number of carbonyl (C=O) groups is 1. The Balaban J connectivity index is 1.87. The van der Waals surface area contributed by atoms with Crippen LogP contribution in [0.5, 0.6) is 0 Å². The number of hydrogen-bond donors (Lipinski definition) is 1. The average molecular weight is 294 g/mol. The molecule has 4 nitrogen and oxygen atoms in total. The molecule has 0 unspecified atom stereocenters. The number of rotatable bonds is 2. The minimum atomic E-state index is -0.761. The van der Waals surface area contributed by atoms with Crippen molar-refractivity contribution < 1.29 is 9.90 Å². The maximum absolute atomic E-state index is 11.8. The highest BCUT2D eigenvalue weighted by atomic mass is 16.4. The van der Waals surface area contributed by atoms with Gasteiger partial charge in [0.2, 0.25) is 0 Å². The number of carboxylic acids is 1. The van der Waals surface area contributed by atoms with Gasteiger partial charge in [-0.3, -0.25) is 9.78 Å². The molecule has 2 heterocycles. The van der Waals surface area contributed by atoms with Crippen LogP contribution in [-0.2, 0) is 4.79 Å². The molecule has 2 aromatic rings. The van der Waals surface area contributed by atoms with Gasteiger partial charge in [-0.05, 0) is 47.4 Å². The van der Waals surface area contributed by atoms with Crippen LogP contribution in [0.1, 0.15) is 43.4 Å². The van der Waals surface area contributed by atoms with Crippen LogP contribution in [0.4, 0.5) is 0 Å². The molecule has 0 aliphatic heterocycles. The molecule has 0 radical (unpaired) electrons. The van der Waals surface area contributed by atoms with Crippen LogP contribution in [0, 0.1) is 11.3 Å². The average Bonchev–Trinajstić information content (AvgIpc) is 2.53. The summed E-state index contributed by atoms with van der Waals surface area (Å²) in [5, 5.41) is 9.72. The number of nitrogens with zero attached hydrogens (tertiary/aromatic N) is 2. The van der Waals surface area contributed by atoms with Gasteiger partial charge in [-0.15, -0.1) is 0 Å². The molecule has 112 valence electrons. The molecule has 22 heavy (non-hydrogen) atoms. The van der Waals surface area contributed by atoms with E-state index in [0.29, 0.717) is 5.92 Å². The largest absolute Gasteiger partial charge is 0.481 e. The molecule has 2 aromatic heterocycles. The second-order valence-corrected chi connectivity index (χ2v) is 6.92. The summed E-state index contributed by atoms with van der Waals surface area (Å²) in [5.74, 6) is -0.663. The van der Waals surface area contributed by atoms with Crippen molar-refractivity contribution in [2.45, 2.75) is 32.1 Å². The van der Waals surface area contributed by atoms with Crippen molar-refractivity contribution in [3.8, 4) is 11.4 Å². The first-order valence-electron chi connectivity index (χ1n) is 7.65. The van der Waals surface area contributed by atoms with Gasteiger partial charge in [-0.2, -0.15) is 0 Å². The minimum absolute atomic E-state index is 0.0459. The highest BCUT2D eigenvalue weighted by molar-refractivity contribution is 5.78. The lowest BCUT2D eigenvalue weighted by Gasteiger charge is -2.58. The first kappa shape index (κ1) is 13.4. The second kappa shape index (κ2) is 4.38. The zero-order valence-corrected chi connectivity index (χ0v) is 12.7. The molecule has 5 rings (SSSR count). The Labute approximate surface area is 129 Å². The van der Waals surface area contributed by atoms with Crippen molar-refractivity contribution in [1.82, 2.24) is 9.97 Å². The SMILES string of the molecule is CC1(C)[C@@H]2C[C@H]1c1ccc(-c3ccccn3)nc1[C@H]2C(=O)O. The highest BCUT2D eigenvalue weighted by Gasteiger charge is 2.59. The summed E-state index contributed by atoms with van der Waals surface area (Å²) in [6.45, 7) is 4.36.